The smallest absolute Gasteiger partial charge is 0.309 e. The number of amides is 1. The Labute approximate surface area is 193 Å². The molecule has 1 heterocycles. The van der Waals surface area contributed by atoms with Crippen LogP contribution in [0.25, 0.3) is 0 Å². The molecule has 1 saturated heterocycles. The predicted octanol–water partition coefficient (Wildman–Crippen LogP) is 3.79. The standard InChI is InChI=1S/C23H27ClN2O5S/c1-3-17-6-4-5-16(2)22(17)25-21(27)15-31-23(28)18-11-13-26(14-12-18)32(29,30)20-9-7-19(24)8-10-20/h4-10,18H,3,11-15H2,1-2H3,(H,25,27). The first-order valence-corrected chi connectivity index (χ1v) is 12.3. The van der Waals surface area contributed by atoms with Crippen LogP contribution in [0.15, 0.2) is 47.4 Å². The molecule has 3 rings (SSSR count). The third kappa shape index (κ3) is 5.68. The lowest BCUT2D eigenvalue weighted by molar-refractivity contribution is -0.152. The number of hydrogen-bond acceptors (Lipinski definition) is 5. The van der Waals surface area contributed by atoms with Gasteiger partial charge < -0.3 is 10.1 Å². The monoisotopic (exact) mass is 478 g/mol. The second-order valence-corrected chi connectivity index (χ2v) is 10.1. The molecule has 172 valence electrons. The van der Waals surface area contributed by atoms with Crippen molar-refractivity contribution in [1.82, 2.24) is 4.31 Å². The van der Waals surface area contributed by atoms with E-state index >= 15 is 0 Å². The van der Waals surface area contributed by atoms with Gasteiger partial charge in [0, 0.05) is 23.8 Å². The number of ether oxygens (including phenoxy) is 1. The molecule has 1 aliphatic rings. The minimum atomic E-state index is -3.64. The Balaban J connectivity index is 1.50. The highest BCUT2D eigenvalue weighted by atomic mass is 35.5. The van der Waals surface area contributed by atoms with Crippen molar-refractivity contribution in [2.45, 2.75) is 38.0 Å². The van der Waals surface area contributed by atoms with Crippen molar-refractivity contribution < 1.29 is 22.7 Å². The van der Waals surface area contributed by atoms with Gasteiger partial charge in [0.05, 0.1) is 10.8 Å². The lowest BCUT2D eigenvalue weighted by Gasteiger charge is -2.30. The van der Waals surface area contributed by atoms with Gasteiger partial charge in [-0.3, -0.25) is 9.59 Å². The molecule has 1 aliphatic heterocycles. The fourth-order valence-corrected chi connectivity index (χ4v) is 5.32. The van der Waals surface area contributed by atoms with E-state index in [0.29, 0.717) is 17.9 Å². The van der Waals surface area contributed by atoms with E-state index in [1.807, 2.05) is 32.0 Å². The number of nitrogens with one attached hydrogen (secondary N) is 1. The Morgan fingerprint density at radius 1 is 1.12 bits per heavy atom. The number of carbonyl (C=O) groups excluding carboxylic acids is 2. The lowest BCUT2D eigenvalue weighted by atomic mass is 9.98. The molecule has 0 unspecified atom stereocenters. The maximum atomic E-state index is 12.8. The van der Waals surface area contributed by atoms with Crippen LogP contribution < -0.4 is 5.32 Å². The van der Waals surface area contributed by atoms with Crippen LogP contribution in [0, 0.1) is 12.8 Å². The van der Waals surface area contributed by atoms with Crippen molar-refractivity contribution in [3.05, 3.63) is 58.6 Å². The molecule has 0 aromatic heterocycles. The largest absolute Gasteiger partial charge is 0.455 e. The highest BCUT2D eigenvalue weighted by Gasteiger charge is 2.33. The minimum Gasteiger partial charge on any atom is -0.455 e. The Morgan fingerprint density at radius 3 is 2.41 bits per heavy atom. The summed E-state index contributed by atoms with van der Waals surface area (Å²) in [5.74, 6) is -1.32. The fourth-order valence-electron chi connectivity index (χ4n) is 3.72. The highest BCUT2D eigenvalue weighted by Crippen LogP contribution is 2.26. The Morgan fingerprint density at radius 2 is 1.78 bits per heavy atom. The van der Waals surface area contributed by atoms with Gasteiger partial charge in [0.1, 0.15) is 0 Å². The number of carbonyl (C=O) groups is 2. The summed E-state index contributed by atoms with van der Waals surface area (Å²) >= 11 is 5.83. The number of aryl methyl sites for hydroxylation is 2. The molecule has 2 aromatic carbocycles. The van der Waals surface area contributed by atoms with Crippen molar-refractivity contribution in [2.24, 2.45) is 5.92 Å². The molecule has 0 bridgehead atoms. The number of nitrogens with zero attached hydrogens (tertiary/aromatic N) is 1. The number of hydrogen-bond donors (Lipinski definition) is 1. The van der Waals surface area contributed by atoms with E-state index in [-0.39, 0.29) is 24.6 Å². The summed E-state index contributed by atoms with van der Waals surface area (Å²) in [7, 11) is -3.64. The average molecular weight is 479 g/mol. The van der Waals surface area contributed by atoms with Gasteiger partial charge in [-0.2, -0.15) is 4.31 Å². The van der Waals surface area contributed by atoms with Crippen molar-refractivity contribution in [3.8, 4) is 0 Å². The number of piperidine rings is 1. The average Bonchev–Trinajstić information content (AvgIpc) is 2.79. The molecule has 32 heavy (non-hydrogen) atoms. The van der Waals surface area contributed by atoms with Crippen LogP contribution >= 0.6 is 11.6 Å². The molecule has 1 amide bonds. The van der Waals surface area contributed by atoms with E-state index < -0.39 is 27.8 Å². The molecule has 1 fully saturated rings. The van der Waals surface area contributed by atoms with Gasteiger partial charge in [0.2, 0.25) is 10.0 Å². The Hall–Kier alpha value is -2.42. The van der Waals surface area contributed by atoms with Crippen molar-refractivity contribution in [3.63, 3.8) is 0 Å². The van der Waals surface area contributed by atoms with Crippen molar-refractivity contribution in [2.75, 3.05) is 25.0 Å². The molecule has 0 atom stereocenters. The van der Waals surface area contributed by atoms with E-state index in [2.05, 4.69) is 5.32 Å². The maximum Gasteiger partial charge on any atom is 0.309 e. The number of rotatable bonds is 7. The first-order chi connectivity index (χ1) is 15.2. The maximum absolute atomic E-state index is 12.8. The molecule has 7 nitrogen and oxygen atoms in total. The third-order valence-electron chi connectivity index (χ3n) is 5.59. The van der Waals surface area contributed by atoms with Gasteiger partial charge in [0.15, 0.2) is 6.61 Å². The van der Waals surface area contributed by atoms with Gasteiger partial charge in [-0.25, -0.2) is 8.42 Å². The van der Waals surface area contributed by atoms with E-state index in [4.69, 9.17) is 16.3 Å². The zero-order valence-electron chi connectivity index (χ0n) is 18.1. The fraction of sp³-hybridized carbons (Fsp3) is 0.391. The normalized spacial score (nSPS) is 15.3. The number of halogens is 1. The SMILES string of the molecule is CCc1cccc(C)c1NC(=O)COC(=O)C1CCN(S(=O)(=O)c2ccc(Cl)cc2)CC1. The number of anilines is 1. The Kier molecular flexibility index (Phi) is 7.92. The second-order valence-electron chi connectivity index (χ2n) is 7.75. The van der Waals surface area contributed by atoms with Crippen LogP contribution in [-0.2, 0) is 30.8 Å². The molecule has 9 heteroatoms. The molecule has 1 N–H and O–H groups in total. The first kappa shape index (κ1) is 24.2. The lowest BCUT2D eigenvalue weighted by Crippen LogP contribution is -2.40. The topological polar surface area (TPSA) is 92.8 Å². The van der Waals surface area contributed by atoms with E-state index in [1.165, 1.54) is 28.6 Å². The number of para-hydroxylation sites is 1. The quantitative estimate of drug-likeness (QED) is 0.611. The van der Waals surface area contributed by atoms with Crippen LogP contribution in [0.5, 0.6) is 0 Å². The second kappa shape index (κ2) is 10.5. The van der Waals surface area contributed by atoms with Gasteiger partial charge in [-0.15, -0.1) is 0 Å². The van der Waals surface area contributed by atoms with Gasteiger partial charge >= 0.3 is 5.97 Å². The number of sulfonamides is 1. The zero-order valence-corrected chi connectivity index (χ0v) is 19.7. The molecular weight excluding hydrogens is 452 g/mol. The molecule has 2 aromatic rings. The first-order valence-electron chi connectivity index (χ1n) is 10.5. The van der Waals surface area contributed by atoms with E-state index in [0.717, 1.165) is 23.2 Å². The summed E-state index contributed by atoms with van der Waals surface area (Å²) in [4.78, 5) is 24.9. The van der Waals surface area contributed by atoms with Gasteiger partial charge in [-0.05, 0) is 61.6 Å². The number of benzene rings is 2. The summed E-state index contributed by atoms with van der Waals surface area (Å²) < 4.78 is 32.1. The molecular formula is C23H27ClN2O5S. The molecule has 0 radical (unpaired) electrons. The summed E-state index contributed by atoms with van der Waals surface area (Å²) in [5.41, 5.74) is 2.70. The predicted molar refractivity (Wildman–Crippen MR) is 123 cm³/mol. The van der Waals surface area contributed by atoms with Gasteiger partial charge in [0.25, 0.3) is 5.91 Å². The van der Waals surface area contributed by atoms with E-state index in [9.17, 15) is 18.0 Å². The molecule has 0 spiro atoms. The summed E-state index contributed by atoms with van der Waals surface area (Å²) in [6.07, 6.45) is 1.45. The summed E-state index contributed by atoms with van der Waals surface area (Å²) in [5, 5.41) is 3.28. The van der Waals surface area contributed by atoms with Gasteiger partial charge in [-0.1, -0.05) is 36.7 Å². The minimum absolute atomic E-state index is 0.169. The van der Waals surface area contributed by atoms with Crippen LogP contribution in [0.1, 0.15) is 30.9 Å². The molecule has 0 aliphatic carbocycles. The number of esters is 1. The van der Waals surface area contributed by atoms with Crippen LogP contribution in [0.3, 0.4) is 0 Å². The van der Waals surface area contributed by atoms with Crippen LogP contribution in [-0.4, -0.2) is 44.3 Å². The summed E-state index contributed by atoms with van der Waals surface area (Å²) in [6, 6.07) is 11.8. The molecule has 0 saturated carbocycles. The van der Waals surface area contributed by atoms with Crippen molar-refractivity contribution >= 4 is 39.2 Å². The summed E-state index contributed by atoms with van der Waals surface area (Å²) in [6.45, 7) is 3.95. The highest BCUT2D eigenvalue weighted by molar-refractivity contribution is 7.89. The zero-order chi connectivity index (χ0) is 23.3. The Bertz CT molecular complexity index is 1080. The van der Waals surface area contributed by atoms with E-state index in [1.54, 1.807) is 0 Å². The van der Waals surface area contributed by atoms with Crippen LogP contribution in [0.2, 0.25) is 5.02 Å². The van der Waals surface area contributed by atoms with Crippen LogP contribution in [0.4, 0.5) is 5.69 Å². The third-order valence-corrected chi connectivity index (χ3v) is 7.75. The van der Waals surface area contributed by atoms with Crippen molar-refractivity contribution in [1.29, 1.82) is 0 Å².